The zero-order valence-corrected chi connectivity index (χ0v) is 13.8. The summed E-state index contributed by atoms with van der Waals surface area (Å²) in [6.45, 7) is 5.16. The number of hydrogen-bond acceptors (Lipinski definition) is 5. The van der Waals surface area contributed by atoms with Crippen molar-refractivity contribution in [2.45, 2.75) is 32.2 Å². The first-order valence-corrected chi connectivity index (χ1v) is 7.85. The van der Waals surface area contributed by atoms with Crippen LogP contribution in [0.25, 0.3) is 0 Å². The molecule has 0 amide bonds. The van der Waals surface area contributed by atoms with E-state index in [1.165, 1.54) is 12.3 Å². The average Bonchev–Trinajstić information content (AvgIpc) is 2.51. The Morgan fingerprint density at radius 1 is 1.61 bits per heavy atom. The molecule has 1 fully saturated rings. The Hall–Kier alpha value is -1.86. The van der Waals surface area contributed by atoms with Gasteiger partial charge < -0.3 is 20.4 Å². The molecule has 1 unspecified atom stereocenters. The number of aromatic carboxylic acids is 1. The van der Waals surface area contributed by atoms with Gasteiger partial charge in [-0.25, -0.2) is 9.78 Å². The van der Waals surface area contributed by atoms with Crippen LogP contribution in [0.3, 0.4) is 0 Å². The molecule has 1 aliphatic heterocycles. The Kier molecular flexibility index (Phi) is 8.36. The van der Waals surface area contributed by atoms with Crippen molar-refractivity contribution in [1.82, 2.24) is 9.88 Å². The first-order valence-electron chi connectivity index (χ1n) is 7.47. The number of piperidine rings is 1. The minimum Gasteiger partial charge on any atom is -0.483 e. The first-order chi connectivity index (χ1) is 11.0. The summed E-state index contributed by atoms with van der Waals surface area (Å²) in [5, 5.41) is 19.5. The number of pyridine rings is 1. The molecule has 8 heteroatoms. The molecule has 23 heavy (non-hydrogen) atoms. The van der Waals surface area contributed by atoms with E-state index in [9.17, 15) is 4.79 Å². The van der Waals surface area contributed by atoms with Crippen LogP contribution in [-0.4, -0.2) is 58.2 Å². The molecule has 0 aromatic carbocycles. The molecular weight excluding hydrogens is 322 g/mol. The summed E-state index contributed by atoms with van der Waals surface area (Å²) < 4.78 is 0. The van der Waals surface area contributed by atoms with Gasteiger partial charge in [0.2, 0.25) is 0 Å². The van der Waals surface area contributed by atoms with E-state index in [1.807, 2.05) is 0 Å². The maximum Gasteiger partial charge on any atom is 0.337 e. The Morgan fingerprint density at radius 2 is 2.30 bits per heavy atom. The quantitative estimate of drug-likeness (QED) is 0.705. The molecule has 2 heterocycles. The summed E-state index contributed by atoms with van der Waals surface area (Å²) in [7, 11) is 0. The van der Waals surface area contributed by atoms with E-state index in [0.29, 0.717) is 16.9 Å². The van der Waals surface area contributed by atoms with Gasteiger partial charge >= 0.3 is 5.97 Å². The van der Waals surface area contributed by atoms with Crippen molar-refractivity contribution >= 4 is 29.9 Å². The van der Waals surface area contributed by atoms with Gasteiger partial charge in [-0.15, -0.1) is 0 Å². The second-order valence-electron chi connectivity index (χ2n) is 5.25. The van der Waals surface area contributed by atoms with E-state index in [0.717, 1.165) is 38.9 Å². The lowest BCUT2D eigenvalue weighted by Gasteiger charge is -2.33. The third-order valence-corrected chi connectivity index (χ3v) is 3.76. The highest BCUT2D eigenvalue weighted by atomic mass is 35.5. The van der Waals surface area contributed by atoms with Gasteiger partial charge in [0.05, 0.1) is 10.6 Å². The van der Waals surface area contributed by atoms with Gasteiger partial charge in [-0.1, -0.05) is 18.5 Å². The van der Waals surface area contributed by atoms with Crippen LogP contribution in [-0.2, 0) is 4.79 Å². The van der Waals surface area contributed by atoms with E-state index in [2.05, 4.69) is 22.1 Å². The lowest BCUT2D eigenvalue weighted by Crippen LogP contribution is -2.42. The van der Waals surface area contributed by atoms with Crippen LogP contribution >= 0.6 is 11.6 Å². The molecule has 0 aliphatic carbocycles. The van der Waals surface area contributed by atoms with Crippen molar-refractivity contribution in [3.05, 3.63) is 22.8 Å². The van der Waals surface area contributed by atoms with Crippen molar-refractivity contribution in [3.63, 3.8) is 0 Å². The number of anilines is 1. The second-order valence-corrected chi connectivity index (χ2v) is 5.66. The Bertz CT molecular complexity index is 525. The summed E-state index contributed by atoms with van der Waals surface area (Å²) in [6, 6.07) is 1.75. The fourth-order valence-electron chi connectivity index (χ4n) is 2.55. The average molecular weight is 344 g/mol. The largest absolute Gasteiger partial charge is 0.483 e. The van der Waals surface area contributed by atoms with Crippen molar-refractivity contribution in [1.29, 1.82) is 0 Å². The number of rotatable bonds is 5. The molecule has 3 N–H and O–H groups in total. The van der Waals surface area contributed by atoms with Crippen molar-refractivity contribution in [2.75, 3.05) is 25.0 Å². The normalized spacial score (nSPS) is 17.7. The Labute approximate surface area is 140 Å². The zero-order valence-electron chi connectivity index (χ0n) is 13.0. The molecular formula is C15H22ClN3O4. The molecule has 7 nitrogen and oxygen atoms in total. The number of carbonyl (C=O) groups is 2. The number of likely N-dealkylation sites (tertiary alicyclic amines) is 1. The number of nitrogens with zero attached hydrogens (tertiary/aromatic N) is 2. The summed E-state index contributed by atoms with van der Waals surface area (Å²) >= 11 is 6.09. The number of aromatic nitrogens is 1. The fraction of sp³-hybridized carbons (Fsp3) is 0.533. The summed E-state index contributed by atoms with van der Waals surface area (Å²) in [4.78, 5) is 25.8. The molecule has 2 rings (SSSR count). The van der Waals surface area contributed by atoms with Gasteiger partial charge in [0.25, 0.3) is 6.47 Å². The summed E-state index contributed by atoms with van der Waals surface area (Å²) in [5.41, 5.74) is 0.108. The van der Waals surface area contributed by atoms with Crippen LogP contribution in [0, 0.1) is 0 Å². The third-order valence-electron chi connectivity index (χ3n) is 3.47. The molecule has 0 spiro atoms. The maximum atomic E-state index is 10.8. The number of carboxylic acid groups (broad SMARTS) is 2. The van der Waals surface area contributed by atoms with Gasteiger partial charge in [0.1, 0.15) is 5.82 Å². The lowest BCUT2D eigenvalue weighted by molar-refractivity contribution is -0.122. The Balaban J connectivity index is 0.000000816. The molecule has 0 radical (unpaired) electrons. The summed E-state index contributed by atoms with van der Waals surface area (Å²) in [6.07, 6.45) is 4.73. The van der Waals surface area contributed by atoms with Gasteiger partial charge in [-0.05, 0) is 38.4 Å². The minimum atomic E-state index is -1.02. The number of carboxylic acids is 1. The van der Waals surface area contributed by atoms with E-state index < -0.39 is 5.97 Å². The topological polar surface area (TPSA) is 103 Å². The van der Waals surface area contributed by atoms with E-state index >= 15 is 0 Å². The molecule has 0 saturated carbocycles. The zero-order chi connectivity index (χ0) is 17.2. The van der Waals surface area contributed by atoms with E-state index in [4.69, 9.17) is 26.6 Å². The Morgan fingerprint density at radius 3 is 2.87 bits per heavy atom. The predicted octanol–water partition coefficient (Wildman–Crippen LogP) is 2.42. The number of halogens is 1. The minimum absolute atomic E-state index is 0.108. The van der Waals surface area contributed by atoms with Crippen LogP contribution < -0.4 is 5.32 Å². The highest BCUT2D eigenvalue weighted by molar-refractivity contribution is 6.33. The monoisotopic (exact) mass is 343 g/mol. The summed E-state index contributed by atoms with van der Waals surface area (Å²) in [5.74, 6) is -0.447. The smallest absolute Gasteiger partial charge is 0.337 e. The van der Waals surface area contributed by atoms with Crippen LogP contribution in [0.2, 0.25) is 5.02 Å². The lowest BCUT2D eigenvalue weighted by atomic mass is 10.1. The van der Waals surface area contributed by atoms with Crippen molar-refractivity contribution in [3.8, 4) is 0 Å². The molecule has 1 saturated heterocycles. The van der Waals surface area contributed by atoms with Crippen LogP contribution in [0.4, 0.5) is 5.82 Å². The van der Waals surface area contributed by atoms with E-state index in [-0.39, 0.29) is 12.0 Å². The highest BCUT2D eigenvalue weighted by Gasteiger charge is 2.20. The van der Waals surface area contributed by atoms with Gasteiger partial charge in [-0.2, -0.15) is 0 Å². The van der Waals surface area contributed by atoms with Gasteiger partial charge in [0, 0.05) is 18.8 Å². The molecule has 1 aromatic rings. The van der Waals surface area contributed by atoms with Crippen LogP contribution in [0.15, 0.2) is 12.3 Å². The van der Waals surface area contributed by atoms with Crippen molar-refractivity contribution in [2.24, 2.45) is 0 Å². The number of hydrogen-bond donors (Lipinski definition) is 3. The molecule has 1 aliphatic rings. The van der Waals surface area contributed by atoms with Crippen molar-refractivity contribution < 1.29 is 19.8 Å². The molecule has 0 bridgehead atoms. The van der Waals surface area contributed by atoms with Gasteiger partial charge in [0.15, 0.2) is 0 Å². The maximum absolute atomic E-state index is 10.8. The van der Waals surface area contributed by atoms with Gasteiger partial charge in [-0.3, -0.25) is 4.79 Å². The first kappa shape index (κ1) is 19.2. The molecule has 1 aromatic heterocycles. The molecule has 1 atom stereocenters. The highest BCUT2D eigenvalue weighted by Crippen LogP contribution is 2.23. The standard InChI is InChI=1S/C14H20ClN3O2.CH2O2/c1-2-5-18-6-3-4-11(9-18)17-13-12(15)7-10(8-16-13)14(19)20;2-1-3/h7-8,11H,2-6,9H2,1H3,(H,16,17)(H,19,20);1H,(H,2,3). The third kappa shape index (κ3) is 6.42. The fourth-order valence-corrected chi connectivity index (χ4v) is 2.77. The SMILES string of the molecule is CCCN1CCCC(Nc2ncc(C(=O)O)cc2Cl)C1.O=CO. The van der Waals surface area contributed by atoms with Crippen LogP contribution in [0.5, 0.6) is 0 Å². The van der Waals surface area contributed by atoms with Crippen LogP contribution in [0.1, 0.15) is 36.5 Å². The number of nitrogens with one attached hydrogen (secondary N) is 1. The second kappa shape index (κ2) is 10.0. The van der Waals surface area contributed by atoms with E-state index in [1.54, 1.807) is 0 Å². The molecule has 128 valence electrons. The predicted molar refractivity (Wildman–Crippen MR) is 88.3 cm³/mol.